The van der Waals surface area contributed by atoms with E-state index < -0.39 is 11.5 Å². The van der Waals surface area contributed by atoms with Gasteiger partial charge in [-0.25, -0.2) is 0 Å². The summed E-state index contributed by atoms with van der Waals surface area (Å²) in [5.41, 5.74) is 1.47. The molecule has 3 aliphatic rings. The Morgan fingerprint density at radius 1 is 1.35 bits per heavy atom. The zero-order valence-electron chi connectivity index (χ0n) is 18.2. The highest BCUT2D eigenvalue weighted by molar-refractivity contribution is 6.08. The highest BCUT2D eigenvalue weighted by Gasteiger charge is 2.53. The summed E-state index contributed by atoms with van der Waals surface area (Å²) in [7, 11) is 1.91. The lowest BCUT2D eigenvalue weighted by atomic mass is 9.72. The van der Waals surface area contributed by atoms with Crippen molar-refractivity contribution in [3.8, 4) is 0 Å². The van der Waals surface area contributed by atoms with Crippen molar-refractivity contribution in [2.45, 2.75) is 38.3 Å². The van der Waals surface area contributed by atoms with Crippen LogP contribution in [0.15, 0.2) is 24.3 Å². The number of aliphatic hydroxyl groups is 1. The summed E-state index contributed by atoms with van der Waals surface area (Å²) in [5.74, 6) is -1.11. The molecule has 0 radical (unpaired) electrons. The SMILES string of the molecule is CCOC(=O)CCN(CC)C(=O)[C@@H]1C=C2c3cccc4c3C(O)(C[C@H]2N(C)C1)C(=O)N4. The lowest BCUT2D eigenvalue weighted by Crippen LogP contribution is -2.52. The maximum Gasteiger partial charge on any atom is 0.307 e. The third-order valence-electron chi connectivity index (χ3n) is 6.56. The summed E-state index contributed by atoms with van der Waals surface area (Å²) in [6, 6.07) is 5.39. The minimum atomic E-state index is -1.55. The number of hydrogen-bond donors (Lipinski definition) is 2. The molecule has 1 unspecified atom stereocenters. The van der Waals surface area contributed by atoms with Crippen molar-refractivity contribution in [3.05, 3.63) is 35.4 Å². The van der Waals surface area contributed by atoms with Crippen LogP contribution in [-0.4, -0.2) is 72.0 Å². The molecule has 2 aliphatic heterocycles. The average Bonchev–Trinajstić information content (AvgIpc) is 3.00. The number of anilines is 1. The zero-order valence-corrected chi connectivity index (χ0v) is 18.2. The fraction of sp³-hybridized carbons (Fsp3) is 0.522. The van der Waals surface area contributed by atoms with Crippen LogP contribution in [0.25, 0.3) is 5.57 Å². The van der Waals surface area contributed by atoms with Crippen molar-refractivity contribution in [2.75, 3.05) is 38.6 Å². The van der Waals surface area contributed by atoms with Crippen LogP contribution in [0.2, 0.25) is 0 Å². The van der Waals surface area contributed by atoms with E-state index in [1.807, 2.05) is 37.1 Å². The average molecular weight is 428 g/mol. The van der Waals surface area contributed by atoms with E-state index in [0.717, 1.165) is 11.1 Å². The van der Waals surface area contributed by atoms with Gasteiger partial charge >= 0.3 is 5.97 Å². The molecule has 0 saturated heterocycles. The van der Waals surface area contributed by atoms with Gasteiger partial charge in [-0.15, -0.1) is 0 Å². The number of hydrogen-bond acceptors (Lipinski definition) is 6. The van der Waals surface area contributed by atoms with Crippen molar-refractivity contribution in [3.63, 3.8) is 0 Å². The Labute approximate surface area is 181 Å². The highest BCUT2D eigenvalue weighted by atomic mass is 16.5. The highest BCUT2D eigenvalue weighted by Crippen LogP contribution is 2.51. The van der Waals surface area contributed by atoms with Crippen LogP contribution in [0, 0.1) is 5.92 Å². The van der Waals surface area contributed by atoms with Gasteiger partial charge in [-0.2, -0.15) is 0 Å². The molecule has 0 aromatic heterocycles. The van der Waals surface area contributed by atoms with Crippen molar-refractivity contribution in [1.82, 2.24) is 9.80 Å². The summed E-state index contributed by atoms with van der Waals surface area (Å²) in [6.07, 6.45) is 2.41. The van der Waals surface area contributed by atoms with Crippen molar-refractivity contribution < 1.29 is 24.2 Å². The van der Waals surface area contributed by atoms with Gasteiger partial charge < -0.3 is 20.1 Å². The predicted octanol–water partition coefficient (Wildman–Crippen LogP) is 1.35. The van der Waals surface area contributed by atoms with Crippen molar-refractivity contribution in [1.29, 1.82) is 0 Å². The first-order valence-corrected chi connectivity index (χ1v) is 10.8. The number of fused-ring (bicyclic) bond motifs is 2. The largest absolute Gasteiger partial charge is 0.466 e. The van der Waals surface area contributed by atoms with Gasteiger partial charge in [0.2, 0.25) is 5.91 Å². The molecule has 8 nitrogen and oxygen atoms in total. The third kappa shape index (κ3) is 3.53. The van der Waals surface area contributed by atoms with Crippen LogP contribution in [0.3, 0.4) is 0 Å². The van der Waals surface area contributed by atoms with Gasteiger partial charge in [0.25, 0.3) is 5.91 Å². The van der Waals surface area contributed by atoms with Gasteiger partial charge in [-0.05, 0) is 38.1 Å². The van der Waals surface area contributed by atoms with Crippen LogP contribution in [0.1, 0.15) is 37.8 Å². The minimum absolute atomic E-state index is 0.0350. The number of likely N-dealkylation sites (N-methyl/N-ethyl adjacent to an activating group) is 1. The van der Waals surface area contributed by atoms with E-state index in [9.17, 15) is 19.5 Å². The molecule has 2 N–H and O–H groups in total. The first-order valence-electron chi connectivity index (χ1n) is 10.8. The summed E-state index contributed by atoms with van der Waals surface area (Å²) >= 11 is 0. The topological polar surface area (TPSA) is 99.2 Å². The number of amides is 2. The number of ether oxygens (including phenoxy) is 1. The molecule has 8 heteroatoms. The van der Waals surface area contributed by atoms with Gasteiger partial charge in [0.05, 0.1) is 18.9 Å². The second-order valence-corrected chi connectivity index (χ2v) is 8.40. The van der Waals surface area contributed by atoms with E-state index in [-0.39, 0.29) is 36.7 Å². The Balaban J connectivity index is 1.63. The predicted molar refractivity (Wildman–Crippen MR) is 115 cm³/mol. The molecular weight excluding hydrogens is 398 g/mol. The Kier molecular flexibility index (Phi) is 5.61. The van der Waals surface area contributed by atoms with Crippen LogP contribution in [0.4, 0.5) is 5.69 Å². The number of nitrogens with zero attached hydrogens (tertiary/aromatic N) is 2. The number of carbonyl (C=O) groups excluding carboxylic acids is 3. The van der Waals surface area contributed by atoms with Crippen LogP contribution < -0.4 is 5.32 Å². The first-order chi connectivity index (χ1) is 14.8. The van der Waals surface area contributed by atoms with Crippen molar-refractivity contribution >= 4 is 29.0 Å². The summed E-state index contributed by atoms with van der Waals surface area (Å²) < 4.78 is 4.98. The third-order valence-corrected chi connectivity index (χ3v) is 6.56. The molecule has 0 spiro atoms. The molecule has 2 heterocycles. The molecular formula is C23H29N3O5. The van der Waals surface area contributed by atoms with Crippen LogP contribution in [-0.2, 0) is 24.7 Å². The van der Waals surface area contributed by atoms with Gasteiger partial charge in [0.1, 0.15) is 0 Å². The van der Waals surface area contributed by atoms with Crippen LogP contribution in [0.5, 0.6) is 0 Å². The maximum absolute atomic E-state index is 13.3. The molecule has 2 amide bonds. The van der Waals surface area contributed by atoms with E-state index in [1.54, 1.807) is 17.9 Å². The standard InChI is InChI=1S/C23H29N3O5/c1-4-26(10-9-19(27)31-5-2)21(28)14-11-16-15-7-6-8-17-20(15)23(30,22(29)24-17)12-18(16)25(3)13-14/h6-8,11,14,18,30H,4-5,9-10,12-13H2,1-3H3,(H,24,29)/t14-,18-,23?/m1/s1. The molecule has 0 bridgehead atoms. The number of benzene rings is 1. The number of nitrogens with one attached hydrogen (secondary N) is 1. The fourth-order valence-electron chi connectivity index (χ4n) is 5.01. The Morgan fingerprint density at radius 2 is 2.13 bits per heavy atom. The first kappa shape index (κ1) is 21.5. The molecule has 166 valence electrons. The monoisotopic (exact) mass is 427 g/mol. The lowest BCUT2D eigenvalue weighted by Gasteiger charge is -2.44. The van der Waals surface area contributed by atoms with Gasteiger partial charge in [-0.3, -0.25) is 19.3 Å². The van der Waals surface area contributed by atoms with E-state index in [0.29, 0.717) is 37.5 Å². The van der Waals surface area contributed by atoms with E-state index in [1.165, 1.54) is 0 Å². The second kappa shape index (κ2) is 8.09. The summed E-state index contributed by atoms with van der Waals surface area (Å²) in [4.78, 5) is 41.3. The molecule has 1 aromatic carbocycles. The molecule has 0 fully saturated rings. The zero-order chi connectivity index (χ0) is 22.3. The Bertz CT molecular complexity index is 959. The minimum Gasteiger partial charge on any atom is -0.466 e. The van der Waals surface area contributed by atoms with Gasteiger partial charge in [-0.1, -0.05) is 18.2 Å². The normalized spacial score (nSPS) is 26.5. The van der Waals surface area contributed by atoms with E-state index in [4.69, 9.17) is 4.74 Å². The Hall–Kier alpha value is -2.71. The molecule has 1 aliphatic carbocycles. The van der Waals surface area contributed by atoms with Gasteiger partial charge in [0, 0.05) is 43.3 Å². The quantitative estimate of drug-likeness (QED) is 0.665. The Morgan fingerprint density at radius 3 is 2.84 bits per heavy atom. The summed E-state index contributed by atoms with van der Waals surface area (Å²) in [6.45, 7) is 5.29. The number of esters is 1. The van der Waals surface area contributed by atoms with Crippen LogP contribution >= 0.6 is 0 Å². The molecule has 1 aromatic rings. The summed E-state index contributed by atoms with van der Waals surface area (Å²) in [5, 5.41) is 14.0. The molecule has 0 saturated carbocycles. The van der Waals surface area contributed by atoms with Crippen molar-refractivity contribution in [2.24, 2.45) is 5.92 Å². The fourth-order valence-corrected chi connectivity index (χ4v) is 5.01. The smallest absolute Gasteiger partial charge is 0.307 e. The molecule has 3 atom stereocenters. The van der Waals surface area contributed by atoms with E-state index >= 15 is 0 Å². The number of carbonyl (C=O) groups is 3. The van der Waals surface area contributed by atoms with Gasteiger partial charge in [0.15, 0.2) is 5.60 Å². The lowest BCUT2D eigenvalue weighted by molar-refractivity contribution is -0.144. The molecule has 31 heavy (non-hydrogen) atoms. The van der Waals surface area contributed by atoms with E-state index in [2.05, 4.69) is 5.32 Å². The second-order valence-electron chi connectivity index (χ2n) is 8.40. The number of rotatable bonds is 6. The maximum atomic E-state index is 13.3. The molecule has 4 rings (SSSR count).